The van der Waals surface area contributed by atoms with Crippen LogP contribution in [0.5, 0.6) is 5.75 Å². The second kappa shape index (κ2) is 8.11. The molecule has 0 radical (unpaired) electrons. The highest BCUT2D eigenvalue weighted by atomic mass is 32.2. The van der Waals surface area contributed by atoms with Crippen LogP contribution in [-0.2, 0) is 16.2 Å². The number of piperazine rings is 1. The Bertz CT molecular complexity index is 1030. The van der Waals surface area contributed by atoms with Crippen LogP contribution >= 0.6 is 0 Å². The molecule has 3 rings (SSSR count). The van der Waals surface area contributed by atoms with Crippen molar-refractivity contribution in [3.8, 4) is 5.75 Å². The van der Waals surface area contributed by atoms with Gasteiger partial charge in [0.1, 0.15) is 11.4 Å². The highest BCUT2D eigenvalue weighted by Gasteiger charge is 2.35. The van der Waals surface area contributed by atoms with Crippen molar-refractivity contribution in [2.75, 3.05) is 38.2 Å². The number of hydrogen-bond acceptors (Lipinski definition) is 6. The minimum atomic E-state index is -4.70. The molecule has 30 heavy (non-hydrogen) atoms. The smallest absolute Gasteiger partial charge is 0.416 e. The number of nitro benzene ring substituents is 1. The van der Waals surface area contributed by atoms with E-state index in [1.807, 2.05) is 0 Å². The topological polar surface area (TPSA) is 93.0 Å². The number of methoxy groups -OCH3 is 1. The molecule has 2 aromatic rings. The van der Waals surface area contributed by atoms with Crippen LogP contribution in [0.1, 0.15) is 5.56 Å². The minimum Gasteiger partial charge on any atom is -0.497 e. The highest BCUT2D eigenvalue weighted by Crippen LogP contribution is 2.37. The summed E-state index contributed by atoms with van der Waals surface area (Å²) < 4.78 is 70.5. The van der Waals surface area contributed by atoms with Crippen LogP contribution in [0.4, 0.5) is 24.5 Å². The van der Waals surface area contributed by atoms with Gasteiger partial charge in [0.05, 0.1) is 22.5 Å². The molecule has 0 amide bonds. The monoisotopic (exact) mass is 445 g/mol. The fraction of sp³-hybridized carbons (Fsp3) is 0.333. The number of anilines is 1. The van der Waals surface area contributed by atoms with E-state index in [1.54, 1.807) is 0 Å². The Morgan fingerprint density at radius 1 is 1.03 bits per heavy atom. The lowest BCUT2D eigenvalue weighted by Crippen LogP contribution is -2.48. The number of rotatable bonds is 5. The molecule has 0 atom stereocenters. The molecule has 1 fully saturated rings. The van der Waals surface area contributed by atoms with Gasteiger partial charge in [0.2, 0.25) is 10.0 Å². The van der Waals surface area contributed by atoms with E-state index in [-0.39, 0.29) is 36.8 Å². The maximum Gasteiger partial charge on any atom is 0.416 e. The van der Waals surface area contributed by atoms with Crippen molar-refractivity contribution in [3.05, 3.63) is 58.1 Å². The van der Waals surface area contributed by atoms with Crippen molar-refractivity contribution in [1.29, 1.82) is 0 Å². The molecule has 1 saturated heterocycles. The molecule has 162 valence electrons. The van der Waals surface area contributed by atoms with Gasteiger partial charge in [0, 0.05) is 32.2 Å². The fourth-order valence-corrected chi connectivity index (χ4v) is 4.60. The molecule has 0 aliphatic carbocycles. The molecule has 8 nitrogen and oxygen atoms in total. The Balaban J connectivity index is 1.79. The Labute approximate surface area is 170 Å². The zero-order chi connectivity index (χ0) is 22.1. The van der Waals surface area contributed by atoms with Gasteiger partial charge in [0.15, 0.2) is 0 Å². The third kappa shape index (κ3) is 4.33. The number of ether oxygens (including phenoxy) is 1. The van der Waals surface area contributed by atoms with Crippen molar-refractivity contribution in [3.63, 3.8) is 0 Å². The quantitative estimate of drug-likeness (QED) is 0.519. The molecule has 0 unspecified atom stereocenters. The number of nitro groups is 1. The molecule has 0 N–H and O–H groups in total. The van der Waals surface area contributed by atoms with Crippen molar-refractivity contribution >= 4 is 21.4 Å². The lowest BCUT2D eigenvalue weighted by Gasteiger charge is -2.35. The van der Waals surface area contributed by atoms with E-state index < -0.39 is 32.4 Å². The molecule has 1 aliphatic heterocycles. The van der Waals surface area contributed by atoms with Crippen molar-refractivity contribution in [2.45, 2.75) is 11.1 Å². The molecule has 0 bridgehead atoms. The van der Waals surface area contributed by atoms with Gasteiger partial charge in [-0.1, -0.05) is 0 Å². The number of hydrogen-bond donors (Lipinski definition) is 0. The third-order valence-electron chi connectivity index (χ3n) is 4.78. The predicted octanol–water partition coefficient (Wildman–Crippen LogP) is 3.13. The highest BCUT2D eigenvalue weighted by molar-refractivity contribution is 7.89. The largest absolute Gasteiger partial charge is 0.497 e. The average molecular weight is 445 g/mol. The van der Waals surface area contributed by atoms with Gasteiger partial charge in [0.25, 0.3) is 5.69 Å². The van der Waals surface area contributed by atoms with E-state index in [0.717, 1.165) is 12.1 Å². The molecular weight excluding hydrogens is 427 g/mol. The van der Waals surface area contributed by atoms with Gasteiger partial charge in [-0.05, 0) is 36.4 Å². The minimum absolute atomic E-state index is 0.0227. The summed E-state index contributed by atoms with van der Waals surface area (Å²) in [5.41, 5.74) is -1.76. The van der Waals surface area contributed by atoms with Crippen LogP contribution in [0, 0.1) is 10.1 Å². The molecule has 0 aromatic heterocycles. The summed E-state index contributed by atoms with van der Waals surface area (Å²) in [5.74, 6) is 0.508. The van der Waals surface area contributed by atoms with Gasteiger partial charge in [-0.3, -0.25) is 10.1 Å². The third-order valence-corrected chi connectivity index (χ3v) is 6.69. The molecule has 2 aromatic carbocycles. The van der Waals surface area contributed by atoms with Crippen molar-refractivity contribution < 1.29 is 31.2 Å². The van der Waals surface area contributed by atoms with Crippen LogP contribution in [-0.4, -0.2) is 50.9 Å². The summed E-state index contributed by atoms with van der Waals surface area (Å²) in [6.07, 6.45) is -4.70. The number of sulfonamides is 1. The van der Waals surface area contributed by atoms with Crippen molar-refractivity contribution in [1.82, 2.24) is 4.31 Å². The Morgan fingerprint density at radius 2 is 1.63 bits per heavy atom. The van der Waals surface area contributed by atoms with E-state index >= 15 is 0 Å². The van der Waals surface area contributed by atoms with Crippen LogP contribution in [0.3, 0.4) is 0 Å². The summed E-state index contributed by atoms with van der Waals surface area (Å²) in [7, 11) is -2.32. The van der Waals surface area contributed by atoms with Crippen LogP contribution in [0.15, 0.2) is 47.4 Å². The lowest BCUT2D eigenvalue weighted by atomic mass is 10.1. The zero-order valence-corrected chi connectivity index (χ0v) is 16.6. The Kier molecular flexibility index (Phi) is 5.90. The number of halogens is 3. The molecule has 0 saturated carbocycles. The Hall–Kier alpha value is -2.86. The predicted molar refractivity (Wildman–Crippen MR) is 102 cm³/mol. The summed E-state index contributed by atoms with van der Waals surface area (Å²) >= 11 is 0. The summed E-state index contributed by atoms with van der Waals surface area (Å²) in [6.45, 7) is 0.266. The lowest BCUT2D eigenvalue weighted by molar-refractivity contribution is -0.384. The summed E-state index contributed by atoms with van der Waals surface area (Å²) in [5, 5.41) is 11.3. The molecular formula is C18H18F3N3O5S. The standard InChI is InChI=1S/C18H18F3N3O5S/c1-29-14-3-5-15(6-4-14)30(27,28)23-10-8-22(9-11-23)16-7-2-13(18(19,20)21)12-17(16)24(25)26/h2-7,12H,8-11H2,1H3. The van der Waals surface area contributed by atoms with Crippen LogP contribution < -0.4 is 9.64 Å². The maximum absolute atomic E-state index is 12.9. The van der Waals surface area contributed by atoms with Gasteiger partial charge in [-0.2, -0.15) is 17.5 Å². The SMILES string of the molecule is COc1ccc(S(=O)(=O)N2CCN(c3ccc(C(F)(F)F)cc3[N+](=O)[O-])CC2)cc1. The normalized spacial score (nSPS) is 15.8. The van der Waals surface area contributed by atoms with E-state index in [0.29, 0.717) is 11.8 Å². The fourth-order valence-electron chi connectivity index (χ4n) is 3.18. The van der Waals surface area contributed by atoms with E-state index in [9.17, 15) is 31.7 Å². The van der Waals surface area contributed by atoms with Gasteiger partial charge in [-0.15, -0.1) is 0 Å². The van der Waals surface area contributed by atoms with Crippen LogP contribution in [0.25, 0.3) is 0 Å². The Morgan fingerprint density at radius 3 is 2.13 bits per heavy atom. The first kappa shape index (κ1) is 21.8. The first-order valence-electron chi connectivity index (χ1n) is 8.79. The van der Waals surface area contributed by atoms with E-state index in [1.165, 1.54) is 40.6 Å². The average Bonchev–Trinajstić information content (AvgIpc) is 2.72. The first-order valence-corrected chi connectivity index (χ1v) is 10.2. The zero-order valence-electron chi connectivity index (χ0n) is 15.8. The first-order chi connectivity index (χ1) is 14.0. The van der Waals surface area contributed by atoms with Crippen LogP contribution in [0.2, 0.25) is 0 Å². The second-order valence-electron chi connectivity index (χ2n) is 6.53. The van der Waals surface area contributed by atoms with Gasteiger partial charge < -0.3 is 9.64 Å². The molecule has 1 heterocycles. The van der Waals surface area contributed by atoms with E-state index in [2.05, 4.69) is 0 Å². The summed E-state index contributed by atoms with van der Waals surface area (Å²) in [6, 6.07) is 8.21. The number of nitrogens with zero attached hydrogens (tertiary/aromatic N) is 3. The summed E-state index contributed by atoms with van der Waals surface area (Å²) in [4.78, 5) is 12.0. The second-order valence-corrected chi connectivity index (χ2v) is 8.46. The van der Waals surface area contributed by atoms with Gasteiger partial charge in [-0.25, -0.2) is 8.42 Å². The van der Waals surface area contributed by atoms with Gasteiger partial charge >= 0.3 is 6.18 Å². The molecule has 0 spiro atoms. The van der Waals surface area contributed by atoms with Crippen molar-refractivity contribution in [2.24, 2.45) is 0 Å². The molecule has 1 aliphatic rings. The van der Waals surface area contributed by atoms with E-state index in [4.69, 9.17) is 4.74 Å². The maximum atomic E-state index is 12.9. The molecule has 12 heteroatoms. The number of benzene rings is 2. The number of alkyl halides is 3.